The maximum atomic E-state index is 11.1. The zero-order chi connectivity index (χ0) is 9.84. The normalized spacial score (nSPS) is 12.2. The van der Waals surface area contributed by atoms with Crippen molar-refractivity contribution in [3.63, 3.8) is 0 Å². The quantitative estimate of drug-likeness (QED) is 0.686. The van der Waals surface area contributed by atoms with E-state index in [1.807, 2.05) is 0 Å². The average molecular weight is 198 g/mol. The Morgan fingerprint density at radius 1 is 1.46 bits per heavy atom. The van der Waals surface area contributed by atoms with Gasteiger partial charge in [0, 0.05) is 22.0 Å². The standard InChI is InChI=1S/C9H10O3S/c1-12-9-4-3-8(13(2)11)5-7(9)6-10/h3-6H,1-2H3. The van der Waals surface area contributed by atoms with Crippen molar-refractivity contribution in [1.82, 2.24) is 0 Å². The molecule has 3 nitrogen and oxygen atoms in total. The van der Waals surface area contributed by atoms with Gasteiger partial charge in [0.15, 0.2) is 6.29 Å². The fourth-order valence-electron chi connectivity index (χ4n) is 0.983. The van der Waals surface area contributed by atoms with Crippen molar-refractivity contribution in [3.05, 3.63) is 23.8 Å². The lowest BCUT2D eigenvalue weighted by atomic mass is 10.2. The van der Waals surface area contributed by atoms with Crippen LogP contribution in [-0.4, -0.2) is 23.9 Å². The third-order valence-corrected chi connectivity index (χ3v) is 2.58. The van der Waals surface area contributed by atoms with Crippen LogP contribution < -0.4 is 4.74 Å². The van der Waals surface area contributed by atoms with Crippen molar-refractivity contribution in [2.45, 2.75) is 4.90 Å². The molecular formula is C9H10O3S. The van der Waals surface area contributed by atoms with Crippen molar-refractivity contribution >= 4 is 17.1 Å². The molecule has 0 N–H and O–H groups in total. The number of methoxy groups -OCH3 is 1. The lowest BCUT2D eigenvalue weighted by molar-refractivity contribution is 0.112. The van der Waals surface area contributed by atoms with E-state index in [0.29, 0.717) is 22.5 Å². The van der Waals surface area contributed by atoms with Crippen LogP contribution >= 0.6 is 0 Å². The molecule has 0 aliphatic heterocycles. The minimum absolute atomic E-state index is 0.426. The number of carbonyl (C=O) groups is 1. The van der Waals surface area contributed by atoms with Gasteiger partial charge in [0.1, 0.15) is 5.75 Å². The van der Waals surface area contributed by atoms with E-state index in [2.05, 4.69) is 0 Å². The van der Waals surface area contributed by atoms with Gasteiger partial charge in [-0.15, -0.1) is 0 Å². The molecule has 0 bridgehead atoms. The Bertz CT molecular complexity index is 347. The highest BCUT2D eigenvalue weighted by Crippen LogP contribution is 2.19. The summed E-state index contributed by atoms with van der Waals surface area (Å²) < 4.78 is 16.0. The van der Waals surface area contributed by atoms with E-state index in [9.17, 15) is 9.00 Å². The molecule has 0 aromatic heterocycles. The minimum Gasteiger partial charge on any atom is -0.496 e. The van der Waals surface area contributed by atoms with Gasteiger partial charge in [-0.25, -0.2) is 0 Å². The fourth-order valence-corrected chi connectivity index (χ4v) is 1.54. The number of ether oxygens (including phenoxy) is 1. The third kappa shape index (κ3) is 2.15. The summed E-state index contributed by atoms with van der Waals surface area (Å²) in [5.41, 5.74) is 0.426. The van der Waals surface area contributed by atoms with Crippen LogP contribution in [0, 0.1) is 0 Å². The van der Waals surface area contributed by atoms with Crippen LogP contribution in [0.3, 0.4) is 0 Å². The molecule has 1 aromatic rings. The summed E-state index contributed by atoms with van der Waals surface area (Å²) in [5.74, 6) is 0.504. The second-order valence-electron chi connectivity index (χ2n) is 2.48. The summed E-state index contributed by atoms with van der Waals surface area (Å²) >= 11 is 0. The molecular weight excluding hydrogens is 188 g/mol. The third-order valence-electron chi connectivity index (χ3n) is 1.66. The topological polar surface area (TPSA) is 43.4 Å². The van der Waals surface area contributed by atoms with Crippen LogP contribution in [0.25, 0.3) is 0 Å². The van der Waals surface area contributed by atoms with Crippen molar-refractivity contribution in [2.75, 3.05) is 13.4 Å². The number of aldehydes is 1. The zero-order valence-corrected chi connectivity index (χ0v) is 8.26. The van der Waals surface area contributed by atoms with E-state index >= 15 is 0 Å². The van der Waals surface area contributed by atoms with Crippen LogP contribution in [0.1, 0.15) is 10.4 Å². The Labute approximate surface area is 79.2 Å². The van der Waals surface area contributed by atoms with Gasteiger partial charge in [-0.2, -0.15) is 0 Å². The Balaban J connectivity index is 3.20. The van der Waals surface area contributed by atoms with Gasteiger partial charge in [-0.3, -0.25) is 9.00 Å². The molecule has 1 atom stereocenters. The molecule has 0 fully saturated rings. The highest BCUT2D eigenvalue weighted by atomic mass is 32.2. The van der Waals surface area contributed by atoms with E-state index in [4.69, 9.17) is 4.74 Å². The van der Waals surface area contributed by atoms with Crippen LogP contribution in [0.2, 0.25) is 0 Å². The largest absolute Gasteiger partial charge is 0.496 e. The molecule has 4 heteroatoms. The second-order valence-corrected chi connectivity index (χ2v) is 3.86. The molecule has 70 valence electrons. The van der Waals surface area contributed by atoms with Gasteiger partial charge in [0.05, 0.1) is 12.7 Å². The Morgan fingerprint density at radius 2 is 2.15 bits per heavy atom. The summed E-state index contributed by atoms with van der Waals surface area (Å²) in [5, 5.41) is 0. The molecule has 0 aliphatic carbocycles. The van der Waals surface area contributed by atoms with Crippen LogP contribution in [0.5, 0.6) is 5.75 Å². The predicted octanol–water partition coefficient (Wildman–Crippen LogP) is 1.25. The van der Waals surface area contributed by atoms with E-state index < -0.39 is 10.8 Å². The van der Waals surface area contributed by atoms with Crippen LogP contribution in [-0.2, 0) is 10.8 Å². The van der Waals surface area contributed by atoms with E-state index in [1.165, 1.54) is 7.11 Å². The van der Waals surface area contributed by atoms with Gasteiger partial charge >= 0.3 is 0 Å². The second kappa shape index (κ2) is 4.18. The van der Waals surface area contributed by atoms with Crippen molar-refractivity contribution in [3.8, 4) is 5.75 Å². The molecule has 1 aromatic carbocycles. The molecule has 0 aliphatic rings. The zero-order valence-electron chi connectivity index (χ0n) is 7.44. The lowest BCUT2D eigenvalue weighted by Gasteiger charge is -2.04. The highest BCUT2D eigenvalue weighted by molar-refractivity contribution is 7.84. The van der Waals surface area contributed by atoms with Crippen molar-refractivity contribution in [2.24, 2.45) is 0 Å². The molecule has 13 heavy (non-hydrogen) atoms. The molecule has 0 spiro atoms. The van der Waals surface area contributed by atoms with Gasteiger partial charge in [0.25, 0.3) is 0 Å². The Kier molecular flexibility index (Phi) is 3.19. The highest BCUT2D eigenvalue weighted by Gasteiger charge is 2.04. The molecule has 0 saturated carbocycles. The lowest BCUT2D eigenvalue weighted by Crippen LogP contribution is -1.94. The Hall–Kier alpha value is -1.16. The number of benzene rings is 1. The van der Waals surface area contributed by atoms with Crippen LogP contribution in [0.4, 0.5) is 0 Å². The van der Waals surface area contributed by atoms with E-state index in [1.54, 1.807) is 24.5 Å². The molecule has 0 heterocycles. The minimum atomic E-state index is -1.07. The predicted molar refractivity (Wildman–Crippen MR) is 50.7 cm³/mol. The first kappa shape index (κ1) is 9.92. The Morgan fingerprint density at radius 3 is 2.62 bits per heavy atom. The average Bonchev–Trinajstić information content (AvgIpc) is 2.16. The van der Waals surface area contributed by atoms with Crippen molar-refractivity contribution in [1.29, 1.82) is 0 Å². The summed E-state index contributed by atoms with van der Waals surface area (Å²) in [6.07, 6.45) is 2.26. The van der Waals surface area contributed by atoms with E-state index in [0.717, 1.165) is 0 Å². The number of hydrogen-bond acceptors (Lipinski definition) is 3. The monoisotopic (exact) mass is 198 g/mol. The first-order valence-corrected chi connectivity index (χ1v) is 5.21. The maximum Gasteiger partial charge on any atom is 0.153 e. The fraction of sp³-hybridized carbons (Fsp3) is 0.222. The first-order valence-electron chi connectivity index (χ1n) is 3.65. The summed E-state index contributed by atoms with van der Waals surface area (Å²) in [6.45, 7) is 0. The molecule has 0 amide bonds. The first-order chi connectivity index (χ1) is 6.19. The molecule has 0 saturated heterocycles. The maximum absolute atomic E-state index is 11.1. The van der Waals surface area contributed by atoms with Gasteiger partial charge in [-0.05, 0) is 18.2 Å². The van der Waals surface area contributed by atoms with Crippen LogP contribution in [0.15, 0.2) is 23.1 Å². The number of carbonyl (C=O) groups excluding carboxylic acids is 1. The molecule has 0 radical (unpaired) electrons. The molecule has 1 rings (SSSR count). The van der Waals surface area contributed by atoms with Gasteiger partial charge in [0.2, 0.25) is 0 Å². The summed E-state index contributed by atoms with van der Waals surface area (Å²) in [6, 6.07) is 4.89. The van der Waals surface area contributed by atoms with Gasteiger partial charge < -0.3 is 4.74 Å². The number of hydrogen-bond donors (Lipinski definition) is 0. The summed E-state index contributed by atoms with van der Waals surface area (Å²) in [4.78, 5) is 11.2. The smallest absolute Gasteiger partial charge is 0.153 e. The number of rotatable bonds is 3. The van der Waals surface area contributed by atoms with E-state index in [-0.39, 0.29) is 0 Å². The molecule has 1 unspecified atom stereocenters. The van der Waals surface area contributed by atoms with Gasteiger partial charge in [-0.1, -0.05) is 0 Å². The van der Waals surface area contributed by atoms with Crippen molar-refractivity contribution < 1.29 is 13.7 Å². The SMILES string of the molecule is COc1ccc(S(C)=O)cc1C=O. The summed E-state index contributed by atoms with van der Waals surface area (Å²) in [7, 11) is 0.425.